The molecule has 1 saturated heterocycles. The fraction of sp³-hybridized carbons (Fsp3) is 0.842. The van der Waals surface area contributed by atoms with Crippen LogP contribution in [0.1, 0.15) is 46.5 Å². The van der Waals surface area contributed by atoms with Gasteiger partial charge in [0.2, 0.25) is 5.91 Å². The lowest BCUT2D eigenvalue weighted by Gasteiger charge is -2.34. The molecule has 1 atom stereocenters. The third-order valence-electron chi connectivity index (χ3n) is 4.74. The highest BCUT2D eigenvalue weighted by Gasteiger charge is 2.24. The van der Waals surface area contributed by atoms with E-state index in [1.54, 1.807) is 21.0 Å². The van der Waals surface area contributed by atoms with Crippen molar-refractivity contribution in [3.05, 3.63) is 0 Å². The summed E-state index contributed by atoms with van der Waals surface area (Å²) in [4.78, 5) is 29.9. The first-order valence-electron chi connectivity index (χ1n) is 9.99. The number of nitrogens with zero attached hydrogens (tertiary/aromatic N) is 2. The monoisotopic (exact) mass is 511 g/mol. The predicted octanol–water partition coefficient (Wildman–Crippen LogP) is 2.19. The Morgan fingerprint density at radius 3 is 2.39 bits per heavy atom. The zero-order valence-corrected chi connectivity index (χ0v) is 20.2. The molecule has 1 fully saturated rings. The Hall–Kier alpha value is -1.26. The molecule has 8 nitrogen and oxygen atoms in total. The summed E-state index contributed by atoms with van der Waals surface area (Å²) in [5.41, 5.74) is 0. The van der Waals surface area contributed by atoms with Gasteiger partial charge in [-0.1, -0.05) is 13.8 Å². The summed E-state index contributed by atoms with van der Waals surface area (Å²) in [6.07, 6.45) is 3.03. The van der Waals surface area contributed by atoms with Crippen LogP contribution in [0.4, 0.5) is 4.79 Å². The maximum atomic E-state index is 11.8. The Labute approximate surface area is 186 Å². The highest BCUT2D eigenvalue weighted by molar-refractivity contribution is 14.0. The van der Waals surface area contributed by atoms with Crippen molar-refractivity contribution in [2.75, 3.05) is 40.3 Å². The molecule has 0 aromatic rings. The molecule has 1 rings (SSSR count). The Bertz CT molecular complexity index is 494. The summed E-state index contributed by atoms with van der Waals surface area (Å²) >= 11 is 0. The van der Waals surface area contributed by atoms with Crippen molar-refractivity contribution >= 4 is 41.9 Å². The van der Waals surface area contributed by atoms with Gasteiger partial charge in [-0.15, -0.1) is 24.0 Å². The van der Waals surface area contributed by atoms with Crippen molar-refractivity contribution in [3.8, 4) is 0 Å². The van der Waals surface area contributed by atoms with Crippen LogP contribution in [0.3, 0.4) is 0 Å². The van der Waals surface area contributed by atoms with Gasteiger partial charge in [-0.25, -0.2) is 4.79 Å². The number of carbonyl (C=O) groups is 2. The molecule has 1 aliphatic rings. The van der Waals surface area contributed by atoms with E-state index in [1.165, 1.54) is 0 Å². The van der Waals surface area contributed by atoms with Crippen molar-refractivity contribution in [2.24, 2.45) is 16.8 Å². The molecule has 28 heavy (non-hydrogen) atoms. The Balaban J connectivity index is 0.00000729. The molecule has 3 N–H and O–H groups in total. The first-order valence-corrected chi connectivity index (χ1v) is 9.99. The van der Waals surface area contributed by atoms with E-state index >= 15 is 0 Å². The minimum absolute atomic E-state index is 0. The van der Waals surface area contributed by atoms with E-state index in [9.17, 15) is 9.59 Å². The van der Waals surface area contributed by atoms with Gasteiger partial charge in [-0.3, -0.25) is 9.79 Å². The second kappa shape index (κ2) is 14.7. The lowest BCUT2D eigenvalue weighted by atomic mass is 9.93. The number of alkyl carbamates (subject to hydrolysis) is 1. The number of rotatable bonds is 8. The number of hydrogen-bond acceptors (Lipinski definition) is 4. The van der Waals surface area contributed by atoms with Crippen LogP contribution >= 0.6 is 24.0 Å². The van der Waals surface area contributed by atoms with Gasteiger partial charge in [0.25, 0.3) is 0 Å². The van der Waals surface area contributed by atoms with E-state index in [1.807, 2.05) is 0 Å². The summed E-state index contributed by atoms with van der Waals surface area (Å²) in [6, 6.07) is -0.0217. The number of nitrogens with one attached hydrogen (secondary N) is 3. The number of amides is 2. The molecular formula is C19H38IN5O3. The van der Waals surface area contributed by atoms with Crippen molar-refractivity contribution in [1.29, 1.82) is 0 Å². The Morgan fingerprint density at radius 2 is 1.89 bits per heavy atom. The maximum absolute atomic E-state index is 11.8. The van der Waals surface area contributed by atoms with Gasteiger partial charge >= 0.3 is 6.09 Å². The zero-order valence-electron chi connectivity index (χ0n) is 17.9. The lowest BCUT2D eigenvalue weighted by Crippen LogP contribution is -2.50. The van der Waals surface area contributed by atoms with Crippen LogP contribution in [-0.2, 0) is 9.53 Å². The molecule has 2 amide bonds. The summed E-state index contributed by atoms with van der Waals surface area (Å²) in [6.45, 7) is 8.77. The van der Waals surface area contributed by atoms with Gasteiger partial charge in [0.15, 0.2) is 5.96 Å². The molecular weight excluding hydrogens is 473 g/mol. The van der Waals surface area contributed by atoms with E-state index in [0.29, 0.717) is 31.4 Å². The smallest absolute Gasteiger partial charge is 0.407 e. The summed E-state index contributed by atoms with van der Waals surface area (Å²) < 4.78 is 5.00. The zero-order chi connectivity index (χ0) is 20.2. The number of carbonyl (C=O) groups excluding carboxylic acids is 2. The molecule has 1 unspecified atom stereocenters. The van der Waals surface area contributed by atoms with Crippen molar-refractivity contribution in [1.82, 2.24) is 20.9 Å². The van der Waals surface area contributed by atoms with E-state index in [4.69, 9.17) is 4.74 Å². The van der Waals surface area contributed by atoms with E-state index in [2.05, 4.69) is 39.7 Å². The van der Waals surface area contributed by atoms with Gasteiger partial charge in [0, 0.05) is 46.2 Å². The molecule has 0 saturated carbocycles. The molecule has 0 radical (unpaired) electrons. The molecule has 164 valence electrons. The fourth-order valence-corrected chi connectivity index (χ4v) is 3.36. The molecule has 0 spiro atoms. The Kier molecular flexibility index (Phi) is 14.0. The molecule has 0 aromatic carbocycles. The molecule has 9 heteroatoms. The first kappa shape index (κ1) is 26.7. The second-order valence-electron chi connectivity index (χ2n) is 7.43. The Morgan fingerprint density at radius 1 is 1.25 bits per heavy atom. The average Bonchev–Trinajstić information content (AvgIpc) is 2.62. The lowest BCUT2D eigenvalue weighted by molar-refractivity contribution is -0.121. The standard InChI is InChI=1S/C19H37N5O3.HI/c1-6-27-19(26)23-16(11-14(2)3)13-22-18(21-5)24-9-7-15(8-10-24)12-17(25)20-4;/h14-16H,6-13H2,1-5H3,(H,20,25)(H,21,22)(H,23,26);1H. The maximum Gasteiger partial charge on any atom is 0.407 e. The predicted molar refractivity (Wildman–Crippen MR) is 123 cm³/mol. The highest BCUT2D eigenvalue weighted by Crippen LogP contribution is 2.20. The third-order valence-corrected chi connectivity index (χ3v) is 4.74. The van der Waals surface area contributed by atoms with E-state index in [-0.39, 0.29) is 42.0 Å². The van der Waals surface area contributed by atoms with Crippen molar-refractivity contribution in [2.45, 2.75) is 52.5 Å². The van der Waals surface area contributed by atoms with Crippen LogP contribution in [0.15, 0.2) is 4.99 Å². The summed E-state index contributed by atoms with van der Waals surface area (Å²) in [7, 11) is 3.45. The van der Waals surface area contributed by atoms with Crippen LogP contribution in [0.2, 0.25) is 0 Å². The van der Waals surface area contributed by atoms with Gasteiger partial charge in [0.1, 0.15) is 0 Å². The number of hydrogen-bond donors (Lipinski definition) is 3. The van der Waals surface area contributed by atoms with E-state index in [0.717, 1.165) is 38.3 Å². The topological polar surface area (TPSA) is 95.1 Å². The van der Waals surface area contributed by atoms with Crippen LogP contribution in [0.25, 0.3) is 0 Å². The van der Waals surface area contributed by atoms with Crippen LogP contribution < -0.4 is 16.0 Å². The minimum Gasteiger partial charge on any atom is -0.450 e. The largest absolute Gasteiger partial charge is 0.450 e. The first-order chi connectivity index (χ1) is 12.9. The summed E-state index contributed by atoms with van der Waals surface area (Å²) in [5, 5.41) is 9.01. The van der Waals surface area contributed by atoms with Crippen molar-refractivity contribution in [3.63, 3.8) is 0 Å². The number of piperidine rings is 1. The van der Waals surface area contributed by atoms with Gasteiger partial charge in [0.05, 0.1) is 6.61 Å². The number of aliphatic imine (C=N–C) groups is 1. The van der Waals surface area contributed by atoms with E-state index < -0.39 is 0 Å². The molecule has 1 heterocycles. The van der Waals surface area contributed by atoms with Gasteiger partial charge in [-0.05, 0) is 38.0 Å². The second-order valence-corrected chi connectivity index (χ2v) is 7.43. The van der Waals surface area contributed by atoms with Crippen LogP contribution in [-0.4, -0.2) is 69.2 Å². The molecule has 0 aromatic heterocycles. The number of guanidine groups is 1. The number of ether oxygens (including phenoxy) is 1. The minimum atomic E-state index is -0.380. The number of likely N-dealkylation sites (tertiary alicyclic amines) is 1. The van der Waals surface area contributed by atoms with Crippen LogP contribution in [0, 0.1) is 11.8 Å². The van der Waals surface area contributed by atoms with Crippen LogP contribution in [0.5, 0.6) is 0 Å². The average molecular weight is 511 g/mol. The molecule has 0 aliphatic carbocycles. The number of halogens is 1. The van der Waals surface area contributed by atoms with Gasteiger partial charge < -0.3 is 25.6 Å². The molecule has 1 aliphatic heterocycles. The van der Waals surface area contributed by atoms with Crippen molar-refractivity contribution < 1.29 is 14.3 Å². The van der Waals surface area contributed by atoms with Gasteiger partial charge in [-0.2, -0.15) is 0 Å². The molecule has 0 bridgehead atoms. The summed E-state index contributed by atoms with van der Waals surface area (Å²) in [5.74, 6) is 1.84. The third kappa shape index (κ3) is 10.3. The highest BCUT2D eigenvalue weighted by atomic mass is 127. The fourth-order valence-electron chi connectivity index (χ4n) is 3.36. The quantitative estimate of drug-likeness (QED) is 0.264. The normalized spacial score (nSPS) is 16.2. The SMILES string of the molecule is CCOC(=O)NC(CNC(=NC)N1CCC(CC(=O)NC)CC1)CC(C)C.I.